The van der Waals surface area contributed by atoms with Crippen LogP contribution in [0.2, 0.25) is 0 Å². The number of nitrogens with zero attached hydrogens (tertiary/aromatic N) is 3. The molecule has 0 N–H and O–H groups in total. The van der Waals surface area contributed by atoms with Crippen LogP contribution in [0.25, 0.3) is 11.0 Å². The van der Waals surface area contributed by atoms with Gasteiger partial charge in [-0.25, -0.2) is 4.98 Å². The quantitative estimate of drug-likeness (QED) is 0.764. The van der Waals surface area contributed by atoms with E-state index in [1.165, 1.54) is 0 Å². The third-order valence-corrected chi connectivity index (χ3v) is 2.37. The summed E-state index contributed by atoms with van der Waals surface area (Å²) in [5.74, 6) is 0.598. The highest BCUT2D eigenvalue weighted by Gasteiger charge is 2.07. The zero-order valence-corrected chi connectivity index (χ0v) is 8.87. The van der Waals surface area contributed by atoms with Crippen molar-refractivity contribution in [1.82, 2.24) is 14.8 Å². The van der Waals surface area contributed by atoms with Crippen molar-refractivity contribution in [2.45, 2.75) is 0 Å². The van der Waals surface area contributed by atoms with Crippen molar-refractivity contribution in [3.8, 4) is 5.88 Å². The van der Waals surface area contributed by atoms with Crippen LogP contribution in [0.3, 0.4) is 0 Å². The number of pyridine rings is 1. The molecule has 0 spiro atoms. The van der Waals surface area contributed by atoms with Crippen molar-refractivity contribution in [3.05, 3.63) is 16.7 Å². The number of rotatable bonds is 1. The lowest BCUT2D eigenvalue weighted by Crippen LogP contribution is -1.90. The van der Waals surface area contributed by atoms with Gasteiger partial charge in [-0.1, -0.05) is 0 Å². The Labute approximate surface area is 83.7 Å². The van der Waals surface area contributed by atoms with Gasteiger partial charge in [0.05, 0.1) is 12.6 Å². The number of hydrogen-bond donors (Lipinski definition) is 0. The fourth-order valence-electron chi connectivity index (χ4n) is 1.19. The molecule has 0 atom stereocenters. The van der Waals surface area contributed by atoms with Gasteiger partial charge < -0.3 is 4.74 Å². The van der Waals surface area contributed by atoms with E-state index in [0.717, 1.165) is 15.6 Å². The molecule has 0 radical (unpaired) electrons. The van der Waals surface area contributed by atoms with Gasteiger partial charge in [-0.3, -0.25) is 4.68 Å². The number of aryl methyl sites for hydroxylation is 1. The maximum atomic E-state index is 5.02. The summed E-state index contributed by atoms with van der Waals surface area (Å²) in [6, 6.07) is 3.75. The van der Waals surface area contributed by atoms with Gasteiger partial charge in [0, 0.05) is 13.1 Å². The molecule has 2 aromatic rings. The molecule has 0 fully saturated rings. The standard InChI is InChI=1S/C8H8BrN3O/c1-12-5-3-4-6(13-2)10-7(5)8(9)11-12/h3-4H,1-2H3. The molecule has 5 heteroatoms. The molecule has 0 saturated heterocycles. The fraction of sp³-hybridized carbons (Fsp3) is 0.250. The molecule has 0 aliphatic heterocycles. The number of halogens is 1. The maximum absolute atomic E-state index is 5.02. The van der Waals surface area contributed by atoms with E-state index in [2.05, 4.69) is 26.0 Å². The Bertz CT molecular complexity index is 452. The van der Waals surface area contributed by atoms with Crippen LogP contribution in [0.5, 0.6) is 5.88 Å². The predicted molar refractivity (Wildman–Crippen MR) is 52.8 cm³/mol. The molecule has 2 rings (SSSR count). The summed E-state index contributed by atoms with van der Waals surface area (Å²) < 4.78 is 7.53. The molecular weight excluding hydrogens is 234 g/mol. The number of hydrogen-bond acceptors (Lipinski definition) is 3. The van der Waals surface area contributed by atoms with Gasteiger partial charge in [-0.05, 0) is 22.0 Å². The zero-order chi connectivity index (χ0) is 9.42. The summed E-state index contributed by atoms with van der Waals surface area (Å²) in [5, 5.41) is 4.18. The highest BCUT2D eigenvalue weighted by molar-refractivity contribution is 9.10. The van der Waals surface area contributed by atoms with Crippen molar-refractivity contribution in [2.24, 2.45) is 7.05 Å². The Morgan fingerprint density at radius 2 is 2.23 bits per heavy atom. The molecule has 2 aromatic heterocycles. The van der Waals surface area contributed by atoms with E-state index in [1.807, 2.05) is 19.2 Å². The zero-order valence-electron chi connectivity index (χ0n) is 7.28. The molecule has 0 bridgehead atoms. The number of ether oxygens (including phenoxy) is 1. The summed E-state index contributed by atoms with van der Waals surface area (Å²) in [6.45, 7) is 0. The van der Waals surface area contributed by atoms with Crippen LogP contribution >= 0.6 is 15.9 Å². The average Bonchev–Trinajstić information content (AvgIpc) is 2.42. The molecule has 2 heterocycles. The Morgan fingerprint density at radius 3 is 2.92 bits per heavy atom. The Kier molecular flexibility index (Phi) is 1.95. The highest BCUT2D eigenvalue weighted by atomic mass is 79.9. The SMILES string of the molecule is COc1ccc2c(n1)c(Br)nn2C. The van der Waals surface area contributed by atoms with E-state index in [0.29, 0.717) is 5.88 Å². The fourth-order valence-corrected chi connectivity index (χ4v) is 1.72. The van der Waals surface area contributed by atoms with Gasteiger partial charge >= 0.3 is 0 Å². The lowest BCUT2D eigenvalue weighted by atomic mass is 10.4. The van der Waals surface area contributed by atoms with Crippen LogP contribution in [-0.2, 0) is 7.05 Å². The number of fused-ring (bicyclic) bond motifs is 1. The minimum absolute atomic E-state index is 0.598. The van der Waals surface area contributed by atoms with Crippen LogP contribution in [-0.4, -0.2) is 21.9 Å². The third kappa shape index (κ3) is 1.29. The Balaban J connectivity index is 2.76. The molecular formula is C8H8BrN3O. The van der Waals surface area contributed by atoms with E-state index in [4.69, 9.17) is 4.74 Å². The molecule has 0 amide bonds. The lowest BCUT2D eigenvalue weighted by molar-refractivity contribution is 0.399. The summed E-state index contributed by atoms with van der Waals surface area (Å²) in [4.78, 5) is 4.26. The highest BCUT2D eigenvalue weighted by Crippen LogP contribution is 2.22. The predicted octanol–water partition coefficient (Wildman–Crippen LogP) is 1.74. The molecule has 0 aliphatic rings. The first kappa shape index (κ1) is 8.50. The smallest absolute Gasteiger partial charge is 0.213 e. The topological polar surface area (TPSA) is 39.9 Å². The van der Waals surface area contributed by atoms with Crippen molar-refractivity contribution in [2.75, 3.05) is 7.11 Å². The van der Waals surface area contributed by atoms with Crippen LogP contribution in [0.4, 0.5) is 0 Å². The minimum atomic E-state index is 0.598. The molecule has 4 nitrogen and oxygen atoms in total. The van der Waals surface area contributed by atoms with Gasteiger partial charge in [0.2, 0.25) is 5.88 Å². The molecule has 68 valence electrons. The third-order valence-electron chi connectivity index (χ3n) is 1.84. The van der Waals surface area contributed by atoms with Crippen LogP contribution in [0.1, 0.15) is 0 Å². The molecule has 0 saturated carbocycles. The average molecular weight is 242 g/mol. The summed E-state index contributed by atoms with van der Waals surface area (Å²) in [7, 11) is 3.47. The van der Waals surface area contributed by atoms with E-state index in [-0.39, 0.29) is 0 Å². The summed E-state index contributed by atoms with van der Waals surface area (Å²) in [6.07, 6.45) is 0. The van der Waals surface area contributed by atoms with E-state index in [9.17, 15) is 0 Å². The van der Waals surface area contributed by atoms with E-state index in [1.54, 1.807) is 11.8 Å². The van der Waals surface area contributed by atoms with Crippen LogP contribution < -0.4 is 4.74 Å². The molecule has 13 heavy (non-hydrogen) atoms. The van der Waals surface area contributed by atoms with Gasteiger partial charge in [0.15, 0.2) is 4.60 Å². The van der Waals surface area contributed by atoms with Crippen molar-refractivity contribution in [1.29, 1.82) is 0 Å². The van der Waals surface area contributed by atoms with Gasteiger partial charge in [0.25, 0.3) is 0 Å². The van der Waals surface area contributed by atoms with Gasteiger partial charge in [0.1, 0.15) is 5.52 Å². The second-order valence-corrected chi connectivity index (χ2v) is 3.39. The molecule has 0 aromatic carbocycles. The molecule has 0 unspecified atom stereocenters. The van der Waals surface area contributed by atoms with E-state index < -0.39 is 0 Å². The molecule has 0 aliphatic carbocycles. The van der Waals surface area contributed by atoms with E-state index >= 15 is 0 Å². The Morgan fingerprint density at radius 1 is 1.46 bits per heavy atom. The van der Waals surface area contributed by atoms with Gasteiger partial charge in [-0.15, -0.1) is 0 Å². The lowest BCUT2D eigenvalue weighted by Gasteiger charge is -1.97. The first-order chi connectivity index (χ1) is 6.22. The van der Waals surface area contributed by atoms with Crippen molar-refractivity contribution < 1.29 is 4.74 Å². The normalized spacial score (nSPS) is 10.7. The van der Waals surface area contributed by atoms with Crippen LogP contribution in [0, 0.1) is 0 Å². The second-order valence-electron chi connectivity index (χ2n) is 2.64. The maximum Gasteiger partial charge on any atom is 0.213 e. The van der Waals surface area contributed by atoms with Gasteiger partial charge in [-0.2, -0.15) is 5.10 Å². The second kappa shape index (κ2) is 2.99. The van der Waals surface area contributed by atoms with Crippen LogP contribution in [0.15, 0.2) is 16.7 Å². The van der Waals surface area contributed by atoms with Crippen molar-refractivity contribution in [3.63, 3.8) is 0 Å². The summed E-state index contributed by atoms with van der Waals surface area (Å²) >= 11 is 3.33. The minimum Gasteiger partial charge on any atom is -0.481 e. The summed E-state index contributed by atoms with van der Waals surface area (Å²) in [5.41, 5.74) is 1.80. The monoisotopic (exact) mass is 241 g/mol. The largest absolute Gasteiger partial charge is 0.481 e. The van der Waals surface area contributed by atoms with Crippen molar-refractivity contribution >= 4 is 27.0 Å². The first-order valence-corrected chi connectivity index (χ1v) is 4.55. The first-order valence-electron chi connectivity index (χ1n) is 3.75. The number of methoxy groups -OCH3 is 1. The Hall–Kier alpha value is -1.10. The number of aromatic nitrogens is 3.